The second kappa shape index (κ2) is 11.2. The van der Waals surface area contributed by atoms with Crippen molar-refractivity contribution in [1.29, 1.82) is 0 Å². The van der Waals surface area contributed by atoms with Gasteiger partial charge in [-0.05, 0) is 83.3 Å². The van der Waals surface area contributed by atoms with Crippen LogP contribution in [0.5, 0.6) is 11.5 Å². The fourth-order valence-corrected chi connectivity index (χ4v) is 3.84. The highest BCUT2D eigenvalue weighted by molar-refractivity contribution is 5.94. The van der Waals surface area contributed by atoms with Gasteiger partial charge in [-0.25, -0.2) is 0 Å². The van der Waals surface area contributed by atoms with Gasteiger partial charge in [-0.3, -0.25) is 4.79 Å². The van der Waals surface area contributed by atoms with E-state index in [1.54, 1.807) is 25.3 Å². The summed E-state index contributed by atoms with van der Waals surface area (Å²) in [5, 5.41) is 6.95. The third-order valence-corrected chi connectivity index (χ3v) is 6.04. The number of rotatable bonds is 10. The van der Waals surface area contributed by atoms with Gasteiger partial charge >= 0.3 is 0 Å². The SMILES string of the molecule is COc1cc(C(=O)NCCCCN2CCC(C)CC2)ccc1OCc1c(C)noc1C. The smallest absolute Gasteiger partial charge is 0.251 e. The van der Waals surface area contributed by atoms with E-state index in [0.717, 1.165) is 42.3 Å². The monoisotopic (exact) mass is 429 g/mol. The summed E-state index contributed by atoms with van der Waals surface area (Å²) in [7, 11) is 1.57. The number of aryl methyl sites for hydroxylation is 2. The van der Waals surface area contributed by atoms with E-state index < -0.39 is 0 Å². The number of amides is 1. The third-order valence-electron chi connectivity index (χ3n) is 6.04. The molecule has 3 rings (SSSR count). The molecule has 0 aliphatic carbocycles. The molecule has 2 heterocycles. The minimum absolute atomic E-state index is 0.0950. The third kappa shape index (κ3) is 6.47. The van der Waals surface area contributed by atoms with E-state index in [2.05, 4.69) is 22.3 Å². The zero-order valence-corrected chi connectivity index (χ0v) is 19.2. The molecule has 0 radical (unpaired) electrons. The molecule has 1 amide bonds. The van der Waals surface area contributed by atoms with Crippen LogP contribution in [0.4, 0.5) is 0 Å². The Morgan fingerprint density at radius 1 is 1.23 bits per heavy atom. The molecule has 170 valence electrons. The minimum Gasteiger partial charge on any atom is -0.493 e. The Morgan fingerprint density at radius 2 is 2.00 bits per heavy atom. The predicted octanol–water partition coefficient (Wildman–Crippen LogP) is 4.12. The van der Waals surface area contributed by atoms with Gasteiger partial charge in [0.05, 0.1) is 18.4 Å². The number of benzene rings is 1. The number of nitrogens with zero attached hydrogens (tertiary/aromatic N) is 2. The summed E-state index contributed by atoms with van der Waals surface area (Å²) in [4.78, 5) is 15.1. The van der Waals surface area contributed by atoms with Crippen LogP contribution in [0, 0.1) is 19.8 Å². The van der Waals surface area contributed by atoms with Gasteiger partial charge in [0.15, 0.2) is 11.5 Å². The topological polar surface area (TPSA) is 76.8 Å². The number of piperidine rings is 1. The Hall–Kier alpha value is -2.54. The van der Waals surface area contributed by atoms with Crippen LogP contribution in [-0.4, -0.2) is 49.3 Å². The van der Waals surface area contributed by atoms with E-state index in [-0.39, 0.29) is 5.91 Å². The maximum absolute atomic E-state index is 12.5. The lowest BCUT2D eigenvalue weighted by Crippen LogP contribution is -2.34. The molecule has 1 N–H and O–H groups in total. The van der Waals surface area contributed by atoms with Crippen molar-refractivity contribution in [3.05, 3.63) is 40.8 Å². The number of nitrogens with one attached hydrogen (secondary N) is 1. The quantitative estimate of drug-likeness (QED) is 0.573. The molecular weight excluding hydrogens is 394 g/mol. The van der Waals surface area contributed by atoms with Crippen LogP contribution in [0.2, 0.25) is 0 Å². The number of likely N-dealkylation sites (tertiary alicyclic amines) is 1. The average Bonchev–Trinajstić information content (AvgIpc) is 3.10. The largest absolute Gasteiger partial charge is 0.493 e. The number of carbonyl (C=O) groups excluding carboxylic acids is 1. The van der Waals surface area contributed by atoms with Crippen LogP contribution >= 0.6 is 0 Å². The molecule has 1 saturated heterocycles. The lowest BCUT2D eigenvalue weighted by Gasteiger charge is -2.30. The number of unbranched alkanes of at least 4 members (excludes halogenated alkanes) is 1. The Balaban J connectivity index is 1.44. The van der Waals surface area contributed by atoms with Gasteiger partial charge in [0.25, 0.3) is 5.91 Å². The predicted molar refractivity (Wildman–Crippen MR) is 120 cm³/mol. The molecule has 1 aliphatic rings. The lowest BCUT2D eigenvalue weighted by molar-refractivity contribution is 0.0951. The van der Waals surface area contributed by atoms with Crippen molar-refractivity contribution in [3.63, 3.8) is 0 Å². The highest BCUT2D eigenvalue weighted by atomic mass is 16.5. The van der Waals surface area contributed by atoms with Crippen molar-refractivity contribution in [3.8, 4) is 11.5 Å². The Kier molecular flexibility index (Phi) is 8.35. The van der Waals surface area contributed by atoms with Gasteiger partial charge < -0.3 is 24.2 Å². The summed E-state index contributed by atoms with van der Waals surface area (Å²) in [6.07, 6.45) is 4.69. The van der Waals surface area contributed by atoms with E-state index in [0.29, 0.717) is 30.2 Å². The second-order valence-electron chi connectivity index (χ2n) is 8.44. The van der Waals surface area contributed by atoms with Crippen molar-refractivity contribution < 1.29 is 18.8 Å². The van der Waals surface area contributed by atoms with Gasteiger partial charge in [-0.1, -0.05) is 12.1 Å². The van der Waals surface area contributed by atoms with Crippen molar-refractivity contribution in [2.24, 2.45) is 5.92 Å². The van der Waals surface area contributed by atoms with Crippen LogP contribution in [-0.2, 0) is 6.61 Å². The molecule has 1 aromatic heterocycles. The van der Waals surface area contributed by atoms with Gasteiger partial charge in [0.2, 0.25) is 0 Å². The van der Waals surface area contributed by atoms with E-state index in [9.17, 15) is 4.79 Å². The molecule has 0 atom stereocenters. The van der Waals surface area contributed by atoms with Crippen LogP contribution < -0.4 is 14.8 Å². The first-order valence-corrected chi connectivity index (χ1v) is 11.2. The highest BCUT2D eigenvalue weighted by Crippen LogP contribution is 2.29. The molecule has 0 spiro atoms. The van der Waals surface area contributed by atoms with Gasteiger partial charge in [-0.2, -0.15) is 0 Å². The average molecular weight is 430 g/mol. The summed E-state index contributed by atoms with van der Waals surface area (Å²) in [6.45, 7) is 10.6. The molecule has 31 heavy (non-hydrogen) atoms. The number of hydrogen-bond donors (Lipinski definition) is 1. The number of ether oxygens (including phenoxy) is 2. The van der Waals surface area contributed by atoms with Gasteiger partial charge in [0.1, 0.15) is 12.4 Å². The zero-order valence-electron chi connectivity index (χ0n) is 19.2. The van der Waals surface area contributed by atoms with Crippen molar-refractivity contribution in [2.75, 3.05) is 33.3 Å². The van der Waals surface area contributed by atoms with Gasteiger partial charge in [-0.15, -0.1) is 0 Å². The maximum Gasteiger partial charge on any atom is 0.251 e. The minimum atomic E-state index is -0.0950. The second-order valence-corrected chi connectivity index (χ2v) is 8.44. The van der Waals surface area contributed by atoms with E-state index in [4.69, 9.17) is 14.0 Å². The van der Waals surface area contributed by atoms with Gasteiger partial charge in [0, 0.05) is 12.1 Å². The normalized spacial score (nSPS) is 15.1. The summed E-state index contributed by atoms with van der Waals surface area (Å²) in [5.74, 6) is 2.61. The first-order valence-electron chi connectivity index (χ1n) is 11.2. The first kappa shape index (κ1) is 23.1. The van der Waals surface area contributed by atoms with Crippen molar-refractivity contribution in [2.45, 2.75) is 53.1 Å². The molecule has 2 aromatic rings. The van der Waals surface area contributed by atoms with Crippen LogP contribution in [0.3, 0.4) is 0 Å². The highest BCUT2D eigenvalue weighted by Gasteiger charge is 2.16. The molecule has 7 nitrogen and oxygen atoms in total. The standard InChI is InChI=1S/C24H35N3O4/c1-17-9-13-27(14-10-17)12-6-5-11-25-24(28)20-7-8-22(23(15-20)29-4)30-16-21-18(2)26-31-19(21)3/h7-8,15,17H,5-6,9-14,16H2,1-4H3,(H,25,28). The first-order chi connectivity index (χ1) is 15.0. The maximum atomic E-state index is 12.5. The van der Waals surface area contributed by atoms with Crippen LogP contribution in [0.15, 0.2) is 22.7 Å². The number of hydrogen-bond acceptors (Lipinski definition) is 6. The number of aromatic nitrogens is 1. The van der Waals surface area contributed by atoms with E-state index in [1.165, 1.54) is 25.9 Å². The molecular formula is C24H35N3O4. The van der Waals surface area contributed by atoms with E-state index >= 15 is 0 Å². The molecule has 0 unspecified atom stereocenters. The molecule has 0 bridgehead atoms. The Labute approximate surface area is 185 Å². The van der Waals surface area contributed by atoms with Crippen molar-refractivity contribution >= 4 is 5.91 Å². The molecule has 1 aliphatic heterocycles. The summed E-state index contributed by atoms with van der Waals surface area (Å²) in [5.41, 5.74) is 2.29. The van der Waals surface area contributed by atoms with Crippen molar-refractivity contribution in [1.82, 2.24) is 15.4 Å². The summed E-state index contributed by atoms with van der Waals surface area (Å²) in [6, 6.07) is 5.24. The lowest BCUT2D eigenvalue weighted by atomic mass is 9.99. The molecule has 1 aromatic carbocycles. The summed E-state index contributed by atoms with van der Waals surface area (Å²) < 4.78 is 16.5. The molecule has 7 heteroatoms. The molecule has 1 fully saturated rings. The van der Waals surface area contributed by atoms with E-state index in [1.807, 2.05) is 13.8 Å². The van der Waals surface area contributed by atoms with Crippen LogP contribution in [0.25, 0.3) is 0 Å². The number of carbonyl (C=O) groups is 1. The summed E-state index contributed by atoms with van der Waals surface area (Å²) >= 11 is 0. The number of methoxy groups -OCH3 is 1. The zero-order chi connectivity index (χ0) is 22.2. The van der Waals surface area contributed by atoms with Crippen LogP contribution in [0.1, 0.15) is 60.0 Å². The molecule has 0 saturated carbocycles. The Bertz CT molecular complexity index is 837. The fraction of sp³-hybridized carbons (Fsp3) is 0.583. The fourth-order valence-electron chi connectivity index (χ4n) is 3.84. The Morgan fingerprint density at radius 3 is 2.68 bits per heavy atom.